The Morgan fingerprint density at radius 3 is 2.76 bits per heavy atom. The number of halogens is 1. The van der Waals surface area contributed by atoms with Gasteiger partial charge in [0, 0.05) is 22.4 Å². The second kappa shape index (κ2) is 5.21. The highest BCUT2D eigenvalue weighted by atomic mass is 35.5. The molecule has 0 saturated heterocycles. The SMILES string of the molecule is CC1c2ccccc2SC(C)(c2cc(Cl)ccc2O)[NH+]1[O-]. The molecule has 2 N–H and O–H groups in total. The van der Waals surface area contributed by atoms with E-state index in [0.29, 0.717) is 10.6 Å². The third-order valence-electron chi connectivity index (χ3n) is 4.04. The molecule has 0 fully saturated rings. The Labute approximate surface area is 133 Å². The number of phenolic OH excluding ortho intramolecular Hbond substituents is 1. The summed E-state index contributed by atoms with van der Waals surface area (Å²) in [7, 11) is 0. The molecule has 0 bridgehead atoms. The van der Waals surface area contributed by atoms with Crippen molar-refractivity contribution in [2.45, 2.75) is 29.7 Å². The van der Waals surface area contributed by atoms with E-state index in [9.17, 15) is 10.3 Å². The first-order valence-corrected chi connectivity index (χ1v) is 7.94. The molecule has 1 aliphatic heterocycles. The van der Waals surface area contributed by atoms with Gasteiger partial charge in [0.2, 0.25) is 0 Å². The summed E-state index contributed by atoms with van der Waals surface area (Å²) in [4.78, 5) is 0.245. The van der Waals surface area contributed by atoms with Gasteiger partial charge in [-0.1, -0.05) is 41.6 Å². The van der Waals surface area contributed by atoms with Gasteiger partial charge in [-0.25, -0.2) is 0 Å². The van der Waals surface area contributed by atoms with E-state index >= 15 is 0 Å². The fourth-order valence-electron chi connectivity index (χ4n) is 2.83. The molecule has 0 aromatic heterocycles. The third-order valence-corrected chi connectivity index (χ3v) is 5.69. The van der Waals surface area contributed by atoms with E-state index in [-0.39, 0.29) is 16.9 Å². The number of hydrogen-bond donors (Lipinski definition) is 2. The van der Waals surface area contributed by atoms with E-state index in [0.717, 1.165) is 10.5 Å². The molecule has 0 amide bonds. The minimum absolute atomic E-state index is 0.0868. The summed E-state index contributed by atoms with van der Waals surface area (Å²) in [6.45, 7) is 3.78. The number of hydrogen-bond acceptors (Lipinski definition) is 3. The monoisotopic (exact) mass is 321 g/mol. The molecule has 21 heavy (non-hydrogen) atoms. The smallest absolute Gasteiger partial charge is 0.175 e. The van der Waals surface area contributed by atoms with Crippen LogP contribution in [0.15, 0.2) is 47.4 Å². The zero-order valence-corrected chi connectivity index (χ0v) is 13.3. The fourth-order valence-corrected chi connectivity index (χ4v) is 4.51. The molecule has 2 aromatic carbocycles. The lowest BCUT2D eigenvalue weighted by Crippen LogP contribution is -3.14. The van der Waals surface area contributed by atoms with Crippen LogP contribution in [0.4, 0.5) is 0 Å². The van der Waals surface area contributed by atoms with Gasteiger partial charge in [-0.2, -0.15) is 0 Å². The van der Waals surface area contributed by atoms with Crippen molar-refractivity contribution in [1.29, 1.82) is 0 Å². The molecular formula is C16H16ClNO2S. The molecule has 2 aromatic rings. The molecule has 1 heterocycles. The Balaban J connectivity index is 2.16. The number of nitrogens with one attached hydrogen (secondary N) is 1. The minimum atomic E-state index is -0.831. The molecule has 3 atom stereocenters. The van der Waals surface area contributed by atoms with Crippen molar-refractivity contribution in [3.63, 3.8) is 0 Å². The van der Waals surface area contributed by atoms with Crippen LogP contribution in [-0.4, -0.2) is 5.11 Å². The Kier molecular flexibility index (Phi) is 3.66. The van der Waals surface area contributed by atoms with Crippen LogP contribution < -0.4 is 5.06 Å². The Bertz CT molecular complexity index is 694. The van der Waals surface area contributed by atoms with Gasteiger partial charge in [0.15, 0.2) is 4.87 Å². The number of quaternary nitrogens is 1. The van der Waals surface area contributed by atoms with Crippen LogP contribution in [0, 0.1) is 5.21 Å². The first kappa shape index (κ1) is 14.7. The number of fused-ring (bicyclic) bond motifs is 1. The van der Waals surface area contributed by atoms with Crippen LogP contribution in [0.25, 0.3) is 0 Å². The van der Waals surface area contributed by atoms with E-state index in [1.54, 1.807) is 18.2 Å². The highest BCUT2D eigenvalue weighted by Crippen LogP contribution is 2.46. The second-order valence-corrected chi connectivity index (χ2v) is 7.32. The number of phenols is 1. The molecule has 0 spiro atoms. The molecule has 3 unspecified atom stereocenters. The van der Waals surface area contributed by atoms with Gasteiger partial charge >= 0.3 is 0 Å². The average Bonchev–Trinajstić information content (AvgIpc) is 2.47. The van der Waals surface area contributed by atoms with Crippen LogP contribution in [-0.2, 0) is 4.87 Å². The maximum atomic E-state index is 12.9. The van der Waals surface area contributed by atoms with Crippen molar-refractivity contribution in [3.8, 4) is 5.75 Å². The molecule has 3 nitrogen and oxygen atoms in total. The molecule has 1 aliphatic rings. The summed E-state index contributed by atoms with van der Waals surface area (Å²) in [5, 5.41) is 23.7. The Morgan fingerprint density at radius 2 is 2.00 bits per heavy atom. The predicted molar refractivity (Wildman–Crippen MR) is 85.5 cm³/mol. The summed E-state index contributed by atoms with van der Waals surface area (Å²) in [5.74, 6) is 0.106. The summed E-state index contributed by atoms with van der Waals surface area (Å²) < 4.78 is 0. The number of rotatable bonds is 1. The maximum absolute atomic E-state index is 12.9. The van der Waals surface area contributed by atoms with Crippen molar-refractivity contribution in [2.75, 3.05) is 0 Å². The molecule has 0 saturated carbocycles. The zero-order valence-electron chi connectivity index (χ0n) is 11.8. The number of benzene rings is 2. The van der Waals surface area contributed by atoms with Gasteiger partial charge in [0.25, 0.3) is 0 Å². The van der Waals surface area contributed by atoms with Crippen LogP contribution in [0.3, 0.4) is 0 Å². The largest absolute Gasteiger partial charge is 0.633 e. The molecule has 0 radical (unpaired) electrons. The van der Waals surface area contributed by atoms with E-state index in [2.05, 4.69) is 0 Å². The first-order valence-electron chi connectivity index (χ1n) is 6.75. The lowest BCUT2D eigenvalue weighted by molar-refractivity contribution is -0.923. The second-order valence-electron chi connectivity index (χ2n) is 5.42. The van der Waals surface area contributed by atoms with Crippen LogP contribution >= 0.6 is 23.4 Å². The number of hydroxylamine groups is 2. The molecule has 110 valence electrons. The Hall–Kier alpha value is -1.20. The van der Waals surface area contributed by atoms with E-state index in [4.69, 9.17) is 11.6 Å². The standard InChI is InChI=1S/C16H16ClNO2S/c1-10-12-5-3-4-6-15(12)21-16(2,18(10)20)13-9-11(17)7-8-14(13)19/h3-10,18-19H,1-2H3. The quantitative estimate of drug-likeness (QED) is 0.791. The third kappa shape index (κ3) is 2.32. The van der Waals surface area contributed by atoms with Gasteiger partial charge in [-0.3, -0.25) is 0 Å². The average molecular weight is 322 g/mol. The van der Waals surface area contributed by atoms with Gasteiger partial charge in [-0.15, -0.1) is 0 Å². The summed E-state index contributed by atoms with van der Waals surface area (Å²) in [5.41, 5.74) is 1.62. The predicted octanol–water partition coefficient (Wildman–Crippen LogP) is 3.47. The lowest BCUT2D eigenvalue weighted by atomic mass is 10.0. The maximum Gasteiger partial charge on any atom is 0.175 e. The van der Waals surface area contributed by atoms with Crippen molar-refractivity contribution in [1.82, 2.24) is 0 Å². The van der Waals surface area contributed by atoms with E-state index in [1.807, 2.05) is 38.1 Å². The van der Waals surface area contributed by atoms with Gasteiger partial charge < -0.3 is 15.4 Å². The first-order chi connectivity index (χ1) is 9.93. The highest BCUT2D eigenvalue weighted by Gasteiger charge is 2.44. The summed E-state index contributed by atoms with van der Waals surface area (Å²) >= 11 is 7.53. The molecule has 3 rings (SSSR count). The van der Waals surface area contributed by atoms with Crippen molar-refractivity contribution < 1.29 is 10.2 Å². The van der Waals surface area contributed by atoms with Gasteiger partial charge in [0.1, 0.15) is 11.8 Å². The molecular weight excluding hydrogens is 306 g/mol. The normalized spacial score (nSPS) is 28.2. The molecule has 5 heteroatoms. The number of aromatic hydroxyl groups is 1. The van der Waals surface area contributed by atoms with Crippen LogP contribution in [0.1, 0.15) is 31.0 Å². The van der Waals surface area contributed by atoms with Crippen molar-refractivity contribution >= 4 is 23.4 Å². The highest BCUT2D eigenvalue weighted by molar-refractivity contribution is 8.00. The van der Waals surface area contributed by atoms with Gasteiger partial charge in [0.05, 0.1) is 5.56 Å². The number of thioether (sulfide) groups is 1. The minimum Gasteiger partial charge on any atom is -0.633 e. The zero-order chi connectivity index (χ0) is 15.2. The van der Waals surface area contributed by atoms with E-state index in [1.165, 1.54) is 11.8 Å². The fraction of sp³-hybridized carbons (Fsp3) is 0.250. The lowest BCUT2D eigenvalue weighted by Gasteiger charge is -2.48. The van der Waals surface area contributed by atoms with Crippen molar-refractivity contribution in [2.24, 2.45) is 0 Å². The van der Waals surface area contributed by atoms with Crippen LogP contribution in [0.2, 0.25) is 5.02 Å². The summed E-state index contributed by atoms with van der Waals surface area (Å²) in [6.07, 6.45) is 0. The summed E-state index contributed by atoms with van der Waals surface area (Å²) in [6, 6.07) is 12.6. The van der Waals surface area contributed by atoms with Crippen molar-refractivity contribution in [3.05, 3.63) is 63.8 Å². The van der Waals surface area contributed by atoms with Gasteiger partial charge in [-0.05, 0) is 31.2 Å². The van der Waals surface area contributed by atoms with Crippen LogP contribution in [0.5, 0.6) is 5.75 Å². The topological polar surface area (TPSA) is 47.7 Å². The Morgan fingerprint density at radius 1 is 1.29 bits per heavy atom. The van der Waals surface area contributed by atoms with E-state index < -0.39 is 4.87 Å². The molecule has 0 aliphatic carbocycles.